The van der Waals surface area contributed by atoms with E-state index in [9.17, 15) is 9.59 Å². The van der Waals surface area contributed by atoms with Crippen molar-refractivity contribution in [1.29, 1.82) is 0 Å². The molecule has 21 heavy (non-hydrogen) atoms. The molecule has 0 radical (unpaired) electrons. The Morgan fingerprint density at radius 2 is 1.52 bits per heavy atom. The summed E-state index contributed by atoms with van der Waals surface area (Å²) in [5.41, 5.74) is 0. The van der Waals surface area contributed by atoms with E-state index in [0.29, 0.717) is 5.92 Å². The third kappa shape index (κ3) is 6.96. The van der Waals surface area contributed by atoms with Crippen molar-refractivity contribution in [3.8, 4) is 0 Å². The van der Waals surface area contributed by atoms with Crippen LogP contribution in [0.5, 0.6) is 0 Å². The molecule has 124 valence electrons. The summed E-state index contributed by atoms with van der Waals surface area (Å²) in [7, 11) is 1.61. The van der Waals surface area contributed by atoms with Gasteiger partial charge in [0.15, 0.2) is 0 Å². The Labute approximate surface area is 130 Å². The molecule has 0 aromatic heterocycles. The predicted molar refractivity (Wildman–Crippen MR) is 87.9 cm³/mol. The highest BCUT2D eigenvalue weighted by Crippen LogP contribution is 2.21. The van der Waals surface area contributed by atoms with Crippen LogP contribution in [0, 0.1) is 23.7 Å². The van der Waals surface area contributed by atoms with Crippen LogP contribution in [0.4, 0.5) is 0 Å². The normalized spacial score (nSPS) is 15.7. The van der Waals surface area contributed by atoms with Gasteiger partial charge in [-0.15, -0.1) is 0 Å². The highest BCUT2D eigenvalue weighted by atomic mass is 16.2. The van der Waals surface area contributed by atoms with Crippen LogP contribution in [-0.2, 0) is 9.59 Å². The smallest absolute Gasteiger partial charge is 0.242 e. The van der Waals surface area contributed by atoms with Gasteiger partial charge < -0.3 is 10.6 Å². The van der Waals surface area contributed by atoms with Gasteiger partial charge in [0.1, 0.15) is 6.04 Å². The minimum absolute atomic E-state index is 0.0135. The lowest BCUT2D eigenvalue weighted by atomic mass is 9.87. The predicted octanol–water partition coefficient (Wildman–Crippen LogP) is 2.97. The molecule has 0 saturated carbocycles. The van der Waals surface area contributed by atoms with Crippen LogP contribution >= 0.6 is 0 Å². The van der Waals surface area contributed by atoms with E-state index in [4.69, 9.17) is 0 Å². The van der Waals surface area contributed by atoms with E-state index in [1.54, 1.807) is 7.05 Å². The van der Waals surface area contributed by atoms with Crippen LogP contribution in [0.3, 0.4) is 0 Å². The summed E-state index contributed by atoms with van der Waals surface area (Å²) >= 11 is 0. The summed E-state index contributed by atoms with van der Waals surface area (Å²) in [5.74, 6) is 0.883. The zero-order chi connectivity index (χ0) is 16.6. The summed E-state index contributed by atoms with van der Waals surface area (Å²) in [6.45, 7) is 12.5. The molecule has 0 aliphatic heterocycles. The Balaban J connectivity index is 4.86. The molecule has 0 aliphatic rings. The molecule has 0 spiro atoms. The van der Waals surface area contributed by atoms with Gasteiger partial charge >= 0.3 is 0 Å². The van der Waals surface area contributed by atoms with E-state index in [2.05, 4.69) is 38.3 Å². The van der Waals surface area contributed by atoms with Crippen LogP contribution in [0.25, 0.3) is 0 Å². The zero-order valence-electron chi connectivity index (χ0n) is 14.8. The van der Waals surface area contributed by atoms with Crippen molar-refractivity contribution in [3.63, 3.8) is 0 Å². The summed E-state index contributed by atoms with van der Waals surface area (Å²) in [6.07, 6.45) is 2.77. The number of hydrogen-bond acceptors (Lipinski definition) is 2. The van der Waals surface area contributed by atoms with Gasteiger partial charge in [-0.2, -0.15) is 0 Å². The summed E-state index contributed by atoms with van der Waals surface area (Å²) in [4.78, 5) is 24.5. The molecular weight excluding hydrogens is 264 g/mol. The maximum atomic E-state index is 12.6. The molecule has 0 unspecified atom stereocenters. The maximum Gasteiger partial charge on any atom is 0.242 e. The molecule has 0 fully saturated rings. The maximum absolute atomic E-state index is 12.6. The van der Waals surface area contributed by atoms with E-state index in [-0.39, 0.29) is 29.6 Å². The topological polar surface area (TPSA) is 58.2 Å². The van der Waals surface area contributed by atoms with E-state index in [1.807, 2.05) is 13.8 Å². The molecular formula is C17H34N2O2. The Morgan fingerprint density at radius 1 is 0.952 bits per heavy atom. The first-order valence-electron chi connectivity index (χ1n) is 8.26. The quantitative estimate of drug-likeness (QED) is 0.687. The Kier molecular flexibility index (Phi) is 9.31. The molecule has 0 aromatic rings. The SMILES string of the molecule is CC[C@H](C)[C@H](NC(=O)[C@@H](CCC(C)C)C(C)C)C(=O)NC. The molecule has 4 heteroatoms. The number of carbonyl (C=O) groups excluding carboxylic acids is 2. The number of nitrogens with one attached hydrogen (secondary N) is 2. The fourth-order valence-electron chi connectivity index (χ4n) is 2.40. The number of rotatable bonds is 9. The van der Waals surface area contributed by atoms with Crippen molar-refractivity contribution in [2.75, 3.05) is 7.05 Å². The second-order valence-corrected chi connectivity index (χ2v) is 6.81. The minimum Gasteiger partial charge on any atom is -0.357 e. The Hall–Kier alpha value is -1.06. The van der Waals surface area contributed by atoms with Gasteiger partial charge in [-0.1, -0.05) is 54.4 Å². The fourth-order valence-corrected chi connectivity index (χ4v) is 2.40. The van der Waals surface area contributed by atoms with E-state index in [0.717, 1.165) is 19.3 Å². The van der Waals surface area contributed by atoms with Gasteiger partial charge in [-0.3, -0.25) is 9.59 Å². The van der Waals surface area contributed by atoms with Crippen LogP contribution < -0.4 is 10.6 Å². The molecule has 0 aliphatic carbocycles. The standard InChI is InChI=1S/C17H34N2O2/c1-8-13(6)15(17(21)18-7)19-16(20)14(12(4)5)10-9-11(2)3/h11-15H,8-10H2,1-7H3,(H,18,21)(H,19,20)/t13-,14-,15-/m0/s1. The molecule has 0 saturated heterocycles. The van der Waals surface area contributed by atoms with Crippen molar-refractivity contribution in [1.82, 2.24) is 10.6 Å². The summed E-state index contributed by atoms with van der Waals surface area (Å²) < 4.78 is 0. The summed E-state index contributed by atoms with van der Waals surface area (Å²) in [6, 6.07) is -0.437. The second kappa shape index (κ2) is 9.80. The highest BCUT2D eigenvalue weighted by molar-refractivity contribution is 5.88. The molecule has 0 heterocycles. The monoisotopic (exact) mass is 298 g/mol. The van der Waals surface area contributed by atoms with Gasteiger partial charge in [0, 0.05) is 13.0 Å². The highest BCUT2D eigenvalue weighted by Gasteiger charge is 2.29. The molecule has 2 amide bonds. The van der Waals surface area contributed by atoms with E-state index >= 15 is 0 Å². The van der Waals surface area contributed by atoms with Crippen molar-refractivity contribution < 1.29 is 9.59 Å². The molecule has 4 nitrogen and oxygen atoms in total. The lowest BCUT2D eigenvalue weighted by Crippen LogP contribution is -2.51. The molecule has 2 N–H and O–H groups in total. The van der Waals surface area contributed by atoms with Gasteiger partial charge in [-0.05, 0) is 24.2 Å². The first-order chi connectivity index (χ1) is 9.74. The van der Waals surface area contributed by atoms with Gasteiger partial charge in [0.2, 0.25) is 11.8 Å². The third-order valence-corrected chi connectivity index (χ3v) is 4.24. The van der Waals surface area contributed by atoms with Crippen LogP contribution in [-0.4, -0.2) is 24.9 Å². The summed E-state index contributed by atoms with van der Waals surface area (Å²) in [5, 5.41) is 5.62. The molecule has 3 atom stereocenters. The average Bonchev–Trinajstić information content (AvgIpc) is 2.42. The fraction of sp³-hybridized carbons (Fsp3) is 0.882. The van der Waals surface area contributed by atoms with Crippen molar-refractivity contribution in [2.45, 2.75) is 66.8 Å². The van der Waals surface area contributed by atoms with Crippen LogP contribution in [0.15, 0.2) is 0 Å². The minimum atomic E-state index is -0.437. The number of carbonyl (C=O) groups is 2. The van der Waals surface area contributed by atoms with E-state index < -0.39 is 6.04 Å². The van der Waals surface area contributed by atoms with Gasteiger partial charge in [0.25, 0.3) is 0 Å². The first-order valence-corrected chi connectivity index (χ1v) is 8.26. The third-order valence-electron chi connectivity index (χ3n) is 4.24. The largest absolute Gasteiger partial charge is 0.357 e. The molecule has 0 rings (SSSR count). The Bertz CT molecular complexity index is 327. The van der Waals surface area contributed by atoms with Gasteiger partial charge in [-0.25, -0.2) is 0 Å². The van der Waals surface area contributed by atoms with Crippen LogP contribution in [0.2, 0.25) is 0 Å². The van der Waals surface area contributed by atoms with Crippen molar-refractivity contribution >= 4 is 11.8 Å². The van der Waals surface area contributed by atoms with Crippen molar-refractivity contribution in [2.24, 2.45) is 23.7 Å². The molecule has 0 bridgehead atoms. The molecule has 0 aromatic carbocycles. The van der Waals surface area contributed by atoms with Gasteiger partial charge in [0.05, 0.1) is 0 Å². The lowest BCUT2D eigenvalue weighted by Gasteiger charge is -2.27. The number of amides is 2. The second-order valence-electron chi connectivity index (χ2n) is 6.81. The van der Waals surface area contributed by atoms with Crippen LogP contribution in [0.1, 0.15) is 60.8 Å². The van der Waals surface area contributed by atoms with Crippen molar-refractivity contribution in [3.05, 3.63) is 0 Å². The first kappa shape index (κ1) is 19.9. The number of hydrogen-bond donors (Lipinski definition) is 2. The Morgan fingerprint density at radius 3 is 1.90 bits per heavy atom. The average molecular weight is 298 g/mol. The number of likely N-dealkylation sites (N-methyl/N-ethyl adjacent to an activating group) is 1. The van der Waals surface area contributed by atoms with E-state index in [1.165, 1.54) is 0 Å². The zero-order valence-corrected chi connectivity index (χ0v) is 14.8. The lowest BCUT2D eigenvalue weighted by molar-refractivity contribution is -0.133.